The van der Waals surface area contributed by atoms with Gasteiger partial charge in [0, 0.05) is 12.4 Å². The lowest BCUT2D eigenvalue weighted by molar-refractivity contribution is 0.783. The fourth-order valence-electron chi connectivity index (χ4n) is 1.72. The molecule has 14 heavy (non-hydrogen) atoms. The van der Waals surface area contributed by atoms with Crippen molar-refractivity contribution in [2.75, 3.05) is 0 Å². The van der Waals surface area contributed by atoms with Crippen molar-refractivity contribution in [3.63, 3.8) is 0 Å². The van der Waals surface area contributed by atoms with Gasteiger partial charge in [-0.3, -0.25) is 4.68 Å². The summed E-state index contributed by atoms with van der Waals surface area (Å²) in [5, 5.41) is 5.66. The summed E-state index contributed by atoms with van der Waals surface area (Å²) < 4.78 is 1.93. The second kappa shape index (κ2) is 4.27. The quantitative estimate of drug-likeness (QED) is 0.623. The van der Waals surface area contributed by atoms with Crippen LogP contribution in [0.4, 0.5) is 0 Å². The van der Waals surface area contributed by atoms with E-state index in [2.05, 4.69) is 37.1 Å². The Balaban J connectivity index is 0.000000461. The van der Waals surface area contributed by atoms with Crippen LogP contribution in [0.5, 0.6) is 0 Å². The molecule has 0 unspecified atom stereocenters. The molecule has 1 aromatic heterocycles. The zero-order chi connectivity index (χ0) is 10.7. The number of benzene rings is 1. The monoisotopic (exact) mass is 190 g/mol. The van der Waals surface area contributed by atoms with Gasteiger partial charge in [0.25, 0.3) is 0 Å². The lowest BCUT2D eigenvalue weighted by Gasteiger charge is -1.95. The van der Waals surface area contributed by atoms with E-state index in [0.717, 1.165) is 5.69 Å². The Morgan fingerprint density at radius 2 is 1.79 bits per heavy atom. The van der Waals surface area contributed by atoms with Gasteiger partial charge in [0.2, 0.25) is 0 Å². The molecule has 0 spiro atoms. The Hall–Kier alpha value is -1.31. The van der Waals surface area contributed by atoms with E-state index in [1.807, 2.05) is 25.6 Å². The fraction of sp³-hybridized carbons (Fsp3) is 0.417. The van der Waals surface area contributed by atoms with E-state index >= 15 is 0 Å². The molecule has 0 aliphatic heterocycles. The zero-order valence-electron chi connectivity index (χ0n) is 9.63. The van der Waals surface area contributed by atoms with Crippen LogP contribution in [0.15, 0.2) is 18.2 Å². The van der Waals surface area contributed by atoms with Crippen LogP contribution in [-0.2, 0) is 7.05 Å². The van der Waals surface area contributed by atoms with Gasteiger partial charge in [-0.2, -0.15) is 5.10 Å². The van der Waals surface area contributed by atoms with Crippen LogP contribution in [-0.4, -0.2) is 9.78 Å². The van der Waals surface area contributed by atoms with Gasteiger partial charge < -0.3 is 0 Å². The number of fused-ring (bicyclic) bond motifs is 1. The van der Waals surface area contributed by atoms with Gasteiger partial charge in [-0.1, -0.05) is 26.0 Å². The van der Waals surface area contributed by atoms with Crippen LogP contribution in [0.2, 0.25) is 0 Å². The van der Waals surface area contributed by atoms with Crippen molar-refractivity contribution in [3.05, 3.63) is 29.5 Å². The number of aromatic nitrogens is 2. The highest BCUT2D eigenvalue weighted by molar-refractivity contribution is 5.84. The Morgan fingerprint density at radius 3 is 2.36 bits per heavy atom. The smallest absolute Gasteiger partial charge is 0.0684 e. The Kier molecular flexibility index (Phi) is 3.28. The number of hydrogen-bond acceptors (Lipinski definition) is 1. The molecule has 0 fully saturated rings. The van der Waals surface area contributed by atoms with Gasteiger partial charge >= 0.3 is 0 Å². The Bertz CT molecular complexity index is 427. The van der Waals surface area contributed by atoms with Gasteiger partial charge in [-0.15, -0.1) is 0 Å². The number of rotatable bonds is 0. The Morgan fingerprint density at radius 1 is 1.14 bits per heavy atom. The molecule has 2 heteroatoms. The van der Waals surface area contributed by atoms with Crippen molar-refractivity contribution in [3.8, 4) is 0 Å². The number of hydrogen-bond donors (Lipinski definition) is 0. The minimum Gasteiger partial charge on any atom is -0.268 e. The third-order valence-electron chi connectivity index (χ3n) is 2.26. The summed E-state index contributed by atoms with van der Waals surface area (Å²) in [6.07, 6.45) is 0. The second-order valence-electron chi connectivity index (χ2n) is 3.18. The molecule has 0 atom stereocenters. The molecule has 0 radical (unpaired) electrons. The lowest BCUT2D eigenvalue weighted by Crippen LogP contribution is -1.88. The van der Waals surface area contributed by atoms with Crippen LogP contribution < -0.4 is 0 Å². The van der Waals surface area contributed by atoms with E-state index in [1.54, 1.807) is 0 Å². The summed E-state index contributed by atoms with van der Waals surface area (Å²) in [5.41, 5.74) is 3.64. The molecule has 0 aliphatic carbocycles. The van der Waals surface area contributed by atoms with E-state index in [9.17, 15) is 0 Å². The summed E-state index contributed by atoms with van der Waals surface area (Å²) >= 11 is 0. The summed E-state index contributed by atoms with van der Waals surface area (Å²) in [6.45, 7) is 8.17. The zero-order valence-corrected chi connectivity index (χ0v) is 9.63. The Labute approximate surface area is 85.6 Å². The standard InChI is InChI=1S/C10H12N2.C2H6/c1-7-5-4-6-9-10(7)8(2)11-12(9)3;1-2/h4-6H,1-3H3;1-2H3. The van der Waals surface area contributed by atoms with Crippen LogP contribution in [0.1, 0.15) is 25.1 Å². The first-order chi connectivity index (χ1) is 6.70. The molecule has 0 saturated heterocycles. The van der Waals surface area contributed by atoms with Crippen molar-refractivity contribution in [2.24, 2.45) is 7.05 Å². The van der Waals surface area contributed by atoms with Gasteiger partial charge in [-0.25, -0.2) is 0 Å². The third-order valence-corrected chi connectivity index (χ3v) is 2.26. The van der Waals surface area contributed by atoms with Gasteiger partial charge in [0.05, 0.1) is 11.2 Å². The fourth-order valence-corrected chi connectivity index (χ4v) is 1.72. The van der Waals surface area contributed by atoms with Crippen molar-refractivity contribution in [2.45, 2.75) is 27.7 Å². The predicted octanol–water partition coefficient (Wildman–Crippen LogP) is 3.22. The SMILES string of the molecule is CC.Cc1cccc2c1c(C)nn2C. The van der Waals surface area contributed by atoms with E-state index in [1.165, 1.54) is 16.5 Å². The highest BCUT2D eigenvalue weighted by Crippen LogP contribution is 2.20. The molecule has 2 aromatic rings. The van der Waals surface area contributed by atoms with Gasteiger partial charge in [-0.05, 0) is 25.5 Å². The van der Waals surface area contributed by atoms with Crippen molar-refractivity contribution >= 4 is 10.9 Å². The highest BCUT2D eigenvalue weighted by atomic mass is 15.3. The average molecular weight is 190 g/mol. The van der Waals surface area contributed by atoms with E-state index in [4.69, 9.17) is 0 Å². The molecule has 2 rings (SSSR count). The predicted molar refractivity (Wildman–Crippen MR) is 61.5 cm³/mol. The van der Waals surface area contributed by atoms with E-state index < -0.39 is 0 Å². The van der Waals surface area contributed by atoms with Crippen LogP contribution >= 0.6 is 0 Å². The second-order valence-corrected chi connectivity index (χ2v) is 3.18. The first-order valence-corrected chi connectivity index (χ1v) is 5.09. The van der Waals surface area contributed by atoms with Gasteiger partial charge in [0.15, 0.2) is 0 Å². The topological polar surface area (TPSA) is 17.8 Å². The molecule has 0 bridgehead atoms. The molecule has 0 N–H and O–H groups in total. The minimum atomic E-state index is 1.12. The summed E-state index contributed by atoms with van der Waals surface area (Å²) in [7, 11) is 1.98. The molecule has 1 aromatic carbocycles. The third kappa shape index (κ3) is 1.65. The van der Waals surface area contributed by atoms with Crippen molar-refractivity contribution < 1.29 is 0 Å². The molecule has 76 valence electrons. The summed E-state index contributed by atoms with van der Waals surface area (Å²) in [6, 6.07) is 6.29. The summed E-state index contributed by atoms with van der Waals surface area (Å²) in [4.78, 5) is 0. The van der Waals surface area contributed by atoms with Crippen molar-refractivity contribution in [1.29, 1.82) is 0 Å². The number of nitrogens with zero attached hydrogens (tertiary/aromatic N) is 2. The van der Waals surface area contributed by atoms with Crippen LogP contribution in [0.25, 0.3) is 10.9 Å². The van der Waals surface area contributed by atoms with E-state index in [-0.39, 0.29) is 0 Å². The molecular formula is C12H18N2. The molecular weight excluding hydrogens is 172 g/mol. The highest BCUT2D eigenvalue weighted by Gasteiger charge is 2.05. The molecule has 1 heterocycles. The van der Waals surface area contributed by atoms with E-state index in [0.29, 0.717) is 0 Å². The maximum Gasteiger partial charge on any atom is 0.0684 e. The first kappa shape index (κ1) is 10.8. The lowest BCUT2D eigenvalue weighted by atomic mass is 10.1. The molecule has 2 nitrogen and oxygen atoms in total. The summed E-state index contributed by atoms with van der Waals surface area (Å²) in [5.74, 6) is 0. The minimum absolute atomic E-state index is 1.12. The normalized spacial score (nSPS) is 9.79. The molecule has 0 saturated carbocycles. The maximum absolute atomic E-state index is 4.37. The average Bonchev–Trinajstić information content (AvgIpc) is 2.47. The molecule has 0 aliphatic rings. The van der Waals surface area contributed by atoms with Crippen LogP contribution in [0, 0.1) is 13.8 Å². The first-order valence-electron chi connectivity index (χ1n) is 5.09. The maximum atomic E-state index is 4.37. The van der Waals surface area contributed by atoms with Crippen molar-refractivity contribution in [1.82, 2.24) is 9.78 Å². The number of aryl methyl sites for hydroxylation is 3. The largest absolute Gasteiger partial charge is 0.268 e. The molecule has 0 amide bonds. The van der Waals surface area contributed by atoms with Crippen LogP contribution in [0.3, 0.4) is 0 Å². The van der Waals surface area contributed by atoms with Gasteiger partial charge in [0.1, 0.15) is 0 Å².